The number of aryl methyl sites for hydroxylation is 1. The Hall–Kier alpha value is -1.76. The Labute approximate surface area is 147 Å². The molecule has 0 unspecified atom stereocenters. The van der Waals surface area contributed by atoms with E-state index in [4.69, 9.17) is 0 Å². The Bertz CT molecular complexity index is 641. The topological polar surface area (TPSA) is 20.2 Å². The van der Waals surface area contributed by atoms with E-state index in [0.717, 1.165) is 24.8 Å². The average Bonchev–Trinajstić information content (AvgIpc) is 2.58. The Balaban J connectivity index is 2.55. The molecule has 2 aromatic carbocycles. The summed E-state index contributed by atoms with van der Waals surface area (Å²) in [7, 11) is 0. The first-order valence-electron chi connectivity index (χ1n) is 9.42. The molecule has 0 aliphatic heterocycles. The summed E-state index contributed by atoms with van der Waals surface area (Å²) < 4.78 is 0. The predicted octanol–water partition coefficient (Wildman–Crippen LogP) is 6.40. The maximum atomic E-state index is 10.7. The van der Waals surface area contributed by atoms with E-state index in [2.05, 4.69) is 64.1 Å². The molecule has 1 nitrogen and oxygen atoms in total. The first kappa shape index (κ1) is 18.6. The average molecular weight is 325 g/mol. The fourth-order valence-electron chi connectivity index (χ4n) is 3.72. The Kier molecular flexibility index (Phi) is 6.48. The third kappa shape index (κ3) is 4.01. The Morgan fingerprint density at radius 2 is 1.54 bits per heavy atom. The summed E-state index contributed by atoms with van der Waals surface area (Å²) in [6, 6.07) is 14.6. The Morgan fingerprint density at radius 1 is 0.833 bits per heavy atom. The molecular weight excluding hydrogens is 292 g/mol. The van der Waals surface area contributed by atoms with Crippen LogP contribution in [-0.2, 0) is 18.3 Å². The molecule has 0 saturated heterocycles. The number of rotatable bonds is 8. The van der Waals surface area contributed by atoms with E-state index in [0.29, 0.717) is 5.75 Å². The lowest BCUT2D eigenvalue weighted by Gasteiger charge is -2.31. The smallest absolute Gasteiger partial charge is 0.119 e. The van der Waals surface area contributed by atoms with Gasteiger partial charge in [0.1, 0.15) is 5.75 Å². The first-order valence-corrected chi connectivity index (χ1v) is 9.42. The van der Waals surface area contributed by atoms with Crippen LogP contribution in [0, 0.1) is 0 Å². The molecule has 0 heterocycles. The zero-order chi connectivity index (χ0) is 17.6. The van der Waals surface area contributed by atoms with Crippen molar-refractivity contribution in [2.24, 2.45) is 0 Å². The summed E-state index contributed by atoms with van der Waals surface area (Å²) in [5.74, 6) is 0.440. The van der Waals surface area contributed by atoms with Crippen molar-refractivity contribution in [2.75, 3.05) is 0 Å². The van der Waals surface area contributed by atoms with Crippen LogP contribution in [0.2, 0.25) is 0 Å². The van der Waals surface area contributed by atoms with Crippen LogP contribution >= 0.6 is 0 Å². The number of unbranched alkanes of at least 4 members (excludes halogenated alkanes) is 2. The monoisotopic (exact) mass is 324 g/mol. The lowest BCUT2D eigenvalue weighted by atomic mass is 9.73. The minimum Gasteiger partial charge on any atom is -0.508 e. The van der Waals surface area contributed by atoms with Crippen molar-refractivity contribution in [3.63, 3.8) is 0 Å². The van der Waals surface area contributed by atoms with Gasteiger partial charge in [-0.2, -0.15) is 0 Å². The second kappa shape index (κ2) is 8.37. The van der Waals surface area contributed by atoms with Crippen LogP contribution in [0.1, 0.15) is 75.6 Å². The number of phenols is 1. The normalized spacial score (nSPS) is 11.7. The van der Waals surface area contributed by atoms with Crippen molar-refractivity contribution < 1.29 is 5.11 Å². The zero-order valence-electron chi connectivity index (χ0n) is 15.7. The van der Waals surface area contributed by atoms with Crippen LogP contribution in [-0.4, -0.2) is 5.11 Å². The molecule has 0 spiro atoms. The number of hydrogen-bond donors (Lipinski definition) is 1. The molecule has 0 aliphatic rings. The molecular formula is C23H32O. The summed E-state index contributed by atoms with van der Waals surface area (Å²) in [4.78, 5) is 0. The van der Waals surface area contributed by atoms with Gasteiger partial charge in [-0.3, -0.25) is 0 Å². The minimum atomic E-state index is -0.198. The van der Waals surface area contributed by atoms with E-state index < -0.39 is 0 Å². The first-order chi connectivity index (χ1) is 11.5. The highest BCUT2D eigenvalue weighted by molar-refractivity contribution is 5.53. The largest absolute Gasteiger partial charge is 0.508 e. The van der Waals surface area contributed by atoms with Gasteiger partial charge < -0.3 is 5.11 Å². The molecule has 2 aromatic rings. The second-order valence-corrected chi connectivity index (χ2v) is 7.30. The van der Waals surface area contributed by atoms with E-state index in [1.165, 1.54) is 36.0 Å². The SMILES string of the molecule is CCCCCc1c(CCC)ccc(O)c1C(C)(C)c1ccccc1. The van der Waals surface area contributed by atoms with Crippen molar-refractivity contribution >= 4 is 0 Å². The quantitative estimate of drug-likeness (QED) is 0.557. The molecule has 1 N–H and O–H groups in total. The van der Waals surface area contributed by atoms with Gasteiger partial charge in [0, 0.05) is 11.0 Å². The van der Waals surface area contributed by atoms with Crippen molar-refractivity contribution in [1.82, 2.24) is 0 Å². The number of benzene rings is 2. The molecule has 0 bridgehead atoms. The fourth-order valence-corrected chi connectivity index (χ4v) is 3.72. The van der Waals surface area contributed by atoms with Gasteiger partial charge in [-0.25, -0.2) is 0 Å². The standard InChI is InChI=1S/C23H32O/c1-5-7-9-15-20-18(12-6-2)16-17-21(24)22(20)23(3,4)19-13-10-8-11-14-19/h8,10-11,13-14,16-17,24H,5-7,9,12,15H2,1-4H3. The van der Waals surface area contributed by atoms with Gasteiger partial charge in [-0.15, -0.1) is 0 Å². The molecule has 0 saturated carbocycles. The predicted molar refractivity (Wildman–Crippen MR) is 104 cm³/mol. The van der Waals surface area contributed by atoms with Gasteiger partial charge in [0.25, 0.3) is 0 Å². The van der Waals surface area contributed by atoms with E-state index in [-0.39, 0.29) is 5.41 Å². The number of hydrogen-bond acceptors (Lipinski definition) is 1. The van der Waals surface area contributed by atoms with Crippen LogP contribution in [0.15, 0.2) is 42.5 Å². The molecule has 2 rings (SSSR count). The fraction of sp³-hybridized carbons (Fsp3) is 0.478. The molecule has 0 amide bonds. The molecule has 0 aliphatic carbocycles. The van der Waals surface area contributed by atoms with Crippen LogP contribution in [0.3, 0.4) is 0 Å². The molecule has 0 atom stereocenters. The lowest BCUT2D eigenvalue weighted by Crippen LogP contribution is -2.22. The highest BCUT2D eigenvalue weighted by Gasteiger charge is 2.29. The molecule has 0 aromatic heterocycles. The maximum absolute atomic E-state index is 10.7. The minimum absolute atomic E-state index is 0.198. The maximum Gasteiger partial charge on any atom is 0.119 e. The van der Waals surface area contributed by atoms with Gasteiger partial charge in [-0.1, -0.05) is 83.4 Å². The van der Waals surface area contributed by atoms with E-state index >= 15 is 0 Å². The van der Waals surface area contributed by atoms with Gasteiger partial charge in [-0.05, 0) is 42.0 Å². The summed E-state index contributed by atoms with van der Waals surface area (Å²) in [6.45, 7) is 8.93. The highest BCUT2D eigenvalue weighted by atomic mass is 16.3. The highest BCUT2D eigenvalue weighted by Crippen LogP contribution is 2.41. The van der Waals surface area contributed by atoms with Crippen molar-refractivity contribution in [1.29, 1.82) is 0 Å². The van der Waals surface area contributed by atoms with Gasteiger partial charge in [0.05, 0.1) is 0 Å². The van der Waals surface area contributed by atoms with E-state index in [1.54, 1.807) is 0 Å². The Morgan fingerprint density at radius 3 is 2.17 bits per heavy atom. The van der Waals surface area contributed by atoms with Crippen LogP contribution in [0.4, 0.5) is 0 Å². The second-order valence-electron chi connectivity index (χ2n) is 7.30. The molecule has 24 heavy (non-hydrogen) atoms. The van der Waals surface area contributed by atoms with Gasteiger partial charge >= 0.3 is 0 Å². The summed E-state index contributed by atoms with van der Waals surface area (Å²) >= 11 is 0. The third-order valence-corrected chi connectivity index (χ3v) is 5.06. The van der Waals surface area contributed by atoms with Gasteiger partial charge in [0.15, 0.2) is 0 Å². The van der Waals surface area contributed by atoms with Crippen LogP contribution < -0.4 is 0 Å². The zero-order valence-corrected chi connectivity index (χ0v) is 15.7. The molecule has 0 radical (unpaired) electrons. The third-order valence-electron chi connectivity index (χ3n) is 5.06. The van der Waals surface area contributed by atoms with Crippen LogP contribution in [0.25, 0.3) is 0 Å². The summed E-state index contributed by atoms with van der Waals surface area (Å²) in [5.41, 5.74) is 4.96. The molecule has 0 fully saturated rings. The number of aromatic hydroxyl groups is 1. The molecule has 130 valence electrons. The number of phenolic OH excluding ortho intramolecular Hbond substituents is 1. The summed E-state index contributed by atoms with van der Waals surface area (Å²) in [6.07, 6.45) is 6.93. The van der Waals surface area contributed by atoms with Crippen LogP contribution in [0.5, 0.6) is 5.75 Å². The molecule has 1 heteroatoms. The van der Waals surface area contributed by atoms with Crippen molar-refractivity contribution in [2.45, 2.75) is 71.6 Å². The van der Waals surface area contributed by atoms with E-state index in [9.17, 15) is 5.11 Å². The van der Waals surface area contributed by atoms with Crippen molar-refractivity contribution in [3.8, 4) is 5.75 Å². The lowest BCUT2D eigenvalue weighted by molar-refractivity contribution is 0.449. The van der Waals surface area contributed by atoms with Crippen molar-refractivity contribution in [3.05, 3.63) is 64.7 Å². The van der Waals surface area contributed by atoms with E-state index in [1.807, 2.05) is 6.07 Å². The summed E-state index contributed by atoms with van der Waals surface area (Å²) in [5, 5.41) is 10.7. The van der Waals surface area contributed by atoms with Gasteiger partial charge in [0.2, 0.25) is 0 Å².